The molecule has 0 aromatic heterocycles. The molecule has 0 aliphatic rings. The van der Waals surface area contributed by atoms with Crippen LogP contribution >= 0.6 is 7.76 Å². The first-order valence-electron chi connectivity index (χ1n) is 6.62. The van der Waals surface area contributed by atoms with Crippen molar-refractivity contribution >= 4 is 7.76 Å². The van der Waals surface area contributed by atoms with Crippen LogP contribution in [0.15, 0.2) is 54.6 Å². The minimum atomic E-state index is -5.08. The topological polar surface area (TPSA) is 17.1 Å². The van der Waals surface area contributed by atoms with Crippen molar-refractivity contribution in [2.75, 3.05) is 6.16 Å². The smallest absolute Gasteiger partial charge is 0.250 e. The molecule has 0 fully saturated rings. The first-order chi connectivity index (χ1) is 9.51. The van der Waals surface area contributed by atoms with Gasteiger partial charge in [-0.05, 0) is 23.1 Å². The van der Waals surface area contributed by atoms with Crippen LogP contribution in [0.5, 0.6) is 0 Å². The fourth-order valence-electron chi connectivity index (χ4n) is 2.48. The van der Waals surface area contributed by atoms with Crippen molar-refractivity contribution in [1.82, 2.24) is 0 Å². The Hall–Kier alpha value is -1.47. The summed E-state index contributed by atoms with van der Waals surface area (Å²) in [7, 11) is -5.08. The highest BCUT2D eigenvalue weighted by Gasteiger charge is 2.28. The maximum Gasteiger partial charge on any atom is 0.403 e. The molecule has 0 heterocycles. The average molecular weight is 294 g/mol. The van der Waals surface area contributed by atoms with Crippen LogP contribution in [0.1, 0.15) is 29.5 Å². The number of halogens is 2. The van der Waals surface area contributed by atoms with Crippen molar-refractivity contribution in [1.29, 1.82) is 0 Å². The van der Waals surface area contributed by atoms with E-state index in [1.165, 1.54) is 0 Å². The molecule has 1 nitrogen and oxygen atoms in total. The minimum absolute atomic E-state index is 0.520. The number of hydrogen-bond donors (Lipinski definition) is 0. The van der Waals surface area contributed by atoms with E-state index < -0.39 is 19.8 Å². The zero-order valence-electron chi connectivity index (χ0n) is 11.3. The largest absolute Gasteiger partial charge is 0.403 e. The van der Waals surface area contributed by atoms with E-state index in [9.17, 15) is 13.0 Å². The molecule has 0 saturated heterocycles. The molecule has 2 rings (SSSR count). The number of benzene rings is 2. The van der Waals surface area contributed by atoms with E-state index >= 15 is 0 Å². The molecule has 4 heteroatoms. The Morgan fingerprint density at radius 3 is 2.20 bits per heavy atom. The van der Waals surface area contributed by atoms with Crippen LogP contribution < -0.4 is 0 Å². The van der Waals surface area contributed by atoms with Gasteiger partial charge in [0, 0.05) is 5.92 Å². The van der Waals surface area contributed by atoms with E-state index in [-0.39, 0.29) is 0 Å². The summed E-state index contributed by atoms with van der Waals surface area (Å²) < 4.78 is 37.3. The highest BCUT2D eigenvalue weighted by molar-refractivity contribution is 7.53. The maximum atomic E-state index is 13.1. The molecule has 0 radical (unpaired) electrons. The van der Waals surface area contributed by atoms with E-state index in [4.69, 9.17) is 0 Å². The van der Waals surface area contributed by atoms with Gasteiger partial charge in [0.15, 0.2) is 0 Å². The summed E-state index contributed by atoms with van der Waals surface area (Å²) in [6, 6.07) is 16.6. The third-order valence-corrected chi connectivity index (χ3v) is 4.20. The molecular weight excluding hydrogens is 277 g/mol. The van der Waals surface area contributed by atoms with Crippen molar-refractivity contribution in [2.24, 2.45) is 0 Å². The van der Waals surface area contributed by atoms with Crippen molar-refractivity contribution in [2.45, 2.75) is 19.3 Å². The van der Waals surface area contributed by atoms with Gasteiger partial charge in [0.2, 0.25) is 0 Å². The van der Waals surface area contributed by atoms with Gasteiger partial charge in [-0.15, -0.1) is 0 Å². The second kappa shape index (κ2) is 6.32. The molecule has 20 heavy (non-hydrogen) atoms. The Labute approximate surface area is 118 Å². The average Bonchev–Trinajstić information content (AvgIpc) is 2.45. The first-order valence-corrected chi connectivity index (χ1v) is 8.29. The first kappa shape index (κ1) is 14.9. The lowest BCUT2D eigenvalue weighted by Crippen LogP contribution is -2.08. The summed E-state index contributed by atoms with van der Waals surface area (Å²) in [5.74, 6) is -0.520. The lowest BCUT2D eigenvalue weighted by Gasteiger charge is -2.20. The predicted octanol–water partition coefficient (Wildman–Crippen LogP) is 5.51. The molecule has 106 valence electrons. The van der Waals surface area contributed by atoms with E-state index in [1.807, 2.05) is 61.5 Å². The van der Waals surface area contributed by atoms with Crippen LogP contribution in [0.4, 0.5) is 8.39 Å². The normalized spacial score (nSPS) is 13.2. The van der Waals surface area contributed by atoms with Crippen molar-refractivity contribution in [3.05, 3.63) is 71.3 Å². The Balaban J connectivity index is 2.49. The Morgan fingerprint density at radius 1 is 1.00 bits per heavy atom. The minimum Gasteiger partial charge on any atom is -0.250 e. The highest BCUT2D eigenvalue weighted by atomic mass is 31.2. The van der Waals surface area contributed by atoms with Crippen molar-refractivity contribution < 1.29 is 13.0 Å². The van der Waals surface area contributed by atoms with Gasteiger partial charge >= 0.3 is 7.76 Å². The van der Waals surface area contributed by atoms with Crippen LogP contribution in [0.3, 0.4) is 0 Å². The van der Waals surface area contributed by atoms with Crippen LogP contribution in [-0.4, -0.2) is 6.16 Å². The zero-order valence-corrected chi connectivity index (χ0v) is 12.2. The van der Waals surface area contributed by atoms with Gasteiger partial charge in [-0.2, -0.15) is 8.39 Å². The summed E-state index contributed by atoms with van der Waals surface area (Å²) in [5, 5.41) is 0. The van der Waals surface area contributed by atoms with Gasteiger partial charge in [0.1, 0.15) is 0 Å². The number of hydrogen-bond acceptors (Lipinski definition) is 1. The van der Waals surface area contributed by atoms with Crippen LogP contribution in [0.2, 0.25) is 0 Å². The van der Waals surface area contributed by atoms with Gasteiger partial charge < -0.3 is 0 Å². The second-order valence-corrected chi connectivity index (χ2v) is 6.27. The molecule has 0 amide bonds. The number of rotatable bonds is 5. The monoisotopic (exact) mass is 294 g/mol. The van der Waals surface area contributed by atoms with Crippen LogP contribution in [0, 0.1) is 0 Å². The summed E-state index contributed by atoms with van der Waals surface area (Å²) in [5.41, 5.74) is 2.65. The Bertz CT molecular complexity index is 607. The fourth-order valence-corrected chi connectivity index (χ4v) is 3.31. The summed E-state index contributed by atoms with van der Waals surface area (Å²) in [4.78, 5) is 0. The summed E-state index contributed by atoms with van der Waals surface area (Å²) >= 11 is 0. The Morgan fingerprint density at radius 2 is 1.60 bits per heavy atom. The van der Waals surface area contributed by atoms with E-state index in [0.717, 1.165) is 23.1 Å². The van der Waals surface area contributed by atoms with E-state index in [0.29, 0.717) is 0 Å². The summed E-state index contributed by atoms with van der Waals surface area (Å²) in [6.45, 7) is 1.99. The fraction of sp³-hybridized carbons (Fsp3) is 0.250. The third kappa shape index (κ3) is 3.77. The maximum absolute atomic E-state index is 13.1. The molecular formula is C16H17F2OP. The SMILES string of the molecule is CCc1ccccc1C(CP(=O)(F)F)c1ccccc1. The quantitative estimate of drug-likeness (QED) is 0.664. The standard InChI is InChI=1S/C16H17F2OP/c1-2-13-8-6-7-11-15(13)16(12-20(17,18)19)14-9-4-3-5-10-14/h3-11,16H,2,12H2,1H3. The lowest BCUT2D eigenvalue weighted by atomic mass is 9.89. The van der Waals surface area contributed by atoms with Crippen molar-refractivity contribution in [3.63, 3.8) is 0 Å². The van der Waals surface area contributed by atoms with Gasteiger partial charge in [-0.1, -0.05) is 61.5 Å². The van der Waals surface area contributed by atoms with Crippen molar-refractivity contribution in [3.8, 4) is 0 Å². The van der Waals surface area contributed by atoms with Gasteiger partial charge in [0.25, 0.3) is 0 Å². The number of aryl methyl sites for hydroxylation is 1. The molecule has 0 spiro atoms. The molecule has 0 saturated carbocycles. The second-order valence-electron chi connectivity index (χ2n) is 4.77. The molecule has 1 unspecified atom stereocenters. The van der Waals surface area contributed by atoms with Gasteiger partial charge in [0.05, 0.1) is 6.16 Å². The molecule has 0 bridgehead atoms. The molecule has 1 atom stereocenters. The molecule has 2 aromatic carbocycles. The van der Waals surface area contributed by atoms with Gasteiger partial charge in [-0.3, -0.25) is 4.57 Å². The highest BCUT2D eigenvalue weighted by Crippen LogP contribution is 2.53. The lowest BCUT2D eigenvalue weighted by molar-refractivity contribution is 0.490. The predicted molar refractivity (Wildman–Crippen MR) is 78.8 cm³/mol. The third-order valence-electron chi connectivity index (χ3n) is 3.41. The van der Waals surface area contributed by atoms with Crippen LogP contribution in [0.25, 0.3) is 0 Å². The van der Waals surface area contributed by atoms with Crippen LogP contribution in [-0.2, 0) is 11.0 Å². The zero-order chi connectivity index (χ0) is 14.6. The van der Waals surface area contributed by atoms with E-state index in [2.05, 4.69) is 0 Å². The molecule has 0 aliphatic carbocycles. The van der Waals surface area contributed by atoms with E-state index in [1.54, 1.807) is 0 Å². The Kier molecular flexibility index (Phi) is 4.72. The molecule has 0 N–H and O–H groups in total. The molecule has 0 aliphatic heterocycles. The summed E-state index contributed by atoms with van der Waals surface area (Å²) in [6.07, 6.45) is 0.163. The van der Waals surface area contributed by atoms with Gasteiger partial charge in [-0.25, -0.2) is 0 Å². The molecule has 2 aromatic rings.